The van der Waals surface area contributed by atoms with Crippen molar-refractivity contribution in [1.82, 2.24) is 15.2 Å². The summed E-state index contributed by atoms with van der Waals surface area (Å²) in [4.78, 5) is 15.1. The van der Waals surface area contributed by atoms with Crippen LogP contribution >= 0.6 is 15.9 Å². The Balaban J connectivity index is 1.74. The topological polar surface area (TPSA) is 110 Å². The Morgan fingerprint density at radius 1 is 1.26 bits per heavy atom. The molecule has 3 aromatic rings. The van der Waals surface area contributed by atoms with Crippen LogP contribution in [0.25, 0.3) is 11.3 Å². The van der Waals surface area contributed by atoms with Gasteiger partial charge in [-0.3, -0.25) is 0 Å². The molecule has 0 aliphatic heterocycles. The largest absolute Gasteiger partial charge is 0.481 e. The summed E-state index contributed by atoms with van der Waals surface area (Å²) in [6.45, 7) is -0.442. The predicted octanol–water partition coefficient (Wildman–Crippen LogP) is 3.21. The minimum atomic E-state index is -1.06. The lowest BCUT2D eigenvalue weighted by molar-refractivity contribution is -0.139. The number of nitrogens with zero attached hydrogens (tertiary/aromatic N) is 4. The van der Waals surface area contributed by atoms with Gasteiger partial charge in [0.1, 0.15) is 5.75 Å². The van der Waals surface area contributed by atoms with E-state index in [2.05, 4.69) is 41.6 Å². The highest BCUT2D eigenvalue weighted by Gasteiger charge is 2.06. The van der Waals surface area contributed by atoms with E-state index in [-0.39, 0.29) is 5.95 Å². The smallest absolute Gasteiger partial charge is 0.341 e. The van der Waals surface area contributed by atoms with Crippen molar-refractivity contribution in [1.29, 1.82) is 0 Å². The number of carboxylic acids is 1. The number of hydrogen-bond acceptors (Lipinski definition) is 7. The van der Waals surface area contributed by atoms with Gasteiger partial charge in [0.05, 0.1) is 18.1 Å². The number of rotatable bonds is 7. The van der Waals surface area contributed by atoms with Gasteiger partial charge in [0.2, 0.25) is 0 Å². The molecule has 0 saturated carbocycles. The number of halogens is 1. The summed E-state index contributed by atoms with van der Waals surface area (Å²) in [5.41, 5.74) is 4.88. The first-order chi connectivity index (χ1) is 13.1. The Morgan fingerprint density at radius 2 is 2.07 bits per heavy atom. The number of carbonyl (C=O) groups is 1. The standard InChI is InChI=1S/C18H14BrN5O3/c19-14-6-7-16(27-11-17(25)26)13(8-14)9-20-23-18-22-15(10-21-24-18)12-4-2-1-3-5-12/h1-10H,11H2,(H,25,26)(H,22,23,24)/b20-9+. The summed E-state index contributed by atoms with van der Waals surface area (Å²) < 4.78 is 6.05. The molecule has 8 nitrogen and oxygen atoms in total. The lowest BCUT2D eigenvalue weighted by Crippen LogP contribution is -2.10. The highest BCUT2D eigenvalue weighted by Crippen LogP contribution is 2.22. The molecule has 2 aromatic carbocycles. The molecule has 136 valence electrons. The van der Waals surface area contributed by atoms with Crippen molar-refractivity contribution >= 4 is 34.1 Å². The molecule has 0 unspecified atom stereocenters. The molecule has 9 heteroatoms. The van der Waals surface area contributed by atoms with Gasteiger partial charge in [0.25, 0.3) is 5.95 Å². The van der Waals surface area contributed by atoms with E-state index in [1.165, 1.54) is 6.21 Å². The number of carboxylic acid groups (broad SMARTS) is 1. The third-order valence-corrected chi connectivity index (χ3v) is 3.81. The molecular weight excluding hydrogens is 414 g/mol. The monoisotopic (exact) mass is 427 g/mol. The lowest BCUT2D eigenvalue weighted by atomic mass is 10.2. The Hall–Kier alpha value is -3.33. The van der Waals surface area contributed by atoms with Crippen molar-refractivity contribution in [3.63, 3.8) is 0 Å². The van der Waals surface area contributed by atoms with Gasteiger partial charge in [-0.2, -0.15) is 10.2 Å². The third kappa shape index (κ3) is 5.32. The first-order valence-corrected chi connectivity index (χ1v) is 8.59. The molecule has 27 heavy (non-hydrogen) atoms. The van der Waals surface area contributed by atoms with Gasteiger partial charge in [0, 0.05) is 15.6 Å². The van der Waals surface area contributed by atoms with Gasteiger partial charge in [-0.25, -0.2) is 15.2 Å². The number of nitrogens with one attached hydrogen (secondary N) is 1. The Labute approximate surface area is 163 Å². The van der Waals surface area contributed by atoms with Crippen molar-refractivity contribution in [2.24, 2.45) is 5.10 Å². The summed E-state index contributed by atoms with van der Waals surface area (Å²) in [6, 6.07) is 14.7. The Morgan fingerprint density at radius 3 is 2.85 bits per heavy atom. The van der Waals surface area contributed by atoms with Gasteiger partial charge in [-0.15, -0.1) is 5.10 Å². The van der Waals surface area contributed by atoms with E-state index >= 15 is 0 Å². The summed E-state index contributed by atoms with van der Waals surface area (Å²) >= 11 is 3.36. The second kappa shape index (κ2) is 8.86. The zero-order valence-electron chi connectivity index (χ0n) is 13.9. The van der Waals surface area contributed by atoms with Crippen molar-refractivity contribution in [3.8, 4) is 17.0 Å². The molecule has 0 radical (unpaired) electrons. The molecule has 0 amide bonds. The summed E-state index contributed by atoms with van der Waals surface area (Å²) in [7, 11) is 0. The normalized spacial score (nSPS) is 10.7. The fourth-order valence-corrected chi connectivity index (χ4v) is 2.53. The van der Waals surface area contributed by atoms with Gasteiger partial charge < -0.3 is 9.84 Å². The number of benzene rings is 2. The van der Waals surface area contributed by atoms with Crippen LogP contribution in [0, 0.1) is 0 Å². The lowest BCUT2D eigenvalue weighted by Gasteiger charge is -2.07. The molecule has 0 aliphatic carbocycles. The second-order valence-corrected chi connectivity index (χ2v) is 6.18. The van der Waals surface area contributed by atoms with Gasteiger partial charge in [-0.1, -0.05) is 46.3 Å². The molecule has 1 aromatic heterocycles. The maximum atomic E-state index is 10.7. The summed E-state index contributed by atoms with van der Waals surface area (Å²) in [5.74, 6) is -0.435. The average Bonchev–Trinajstić information content (AvgIpc) is 2.68. The number of aliphatic carboxylic acids is 1. The SMILES string of the molecule is O=C(O)COc1ccc(Br)cc1/C=N/Nc1nncc(-c2ccccc2)n1. The van der Waals surface area contributed by atoms with E-state index < -0.39 is 12.6 Å². The van der Waals surface area contributed by atoms with Crippen LogP contribution in [0.4, 0.5) is 5.95 Å². The molecule has 3 rings (SSSR count). The van der Waals surface area contributed by atoms with Crippen molar-refractivity contribution in [2.45, 2.75) is 0 Å². The molecule has 0 aliphatic rings. The molecule has 2 N–H and O–H groups in total. The van der Waals surface area contributed by atoms with Gasteiger partial charge in [-0.05, 0) is 18.2 Å². The van der Waals surface area contributed by atoms with Crippen LogP contribution in [0.5, 0.6) is 5.75 Å². The average molecular weight is 428 g/mol. The Kier molecular flexibility index (Phi) is 6.06. The minimum absolute atomic E-state index is 0.232. The molecule has 0 saturated heterocycles. The summed E-state index contributed by atoms with van der Waals surface area (Å²) in [5, 5.41) is 20.7. The van der Waals surface area contributed by atoms with Crippen LogP contribution in [0.2, 0.25) is 0 Å². The third-order valence-electron chi connectivity index (χ3n) is 3.32. The molecule has 0 fully saturated rings. The molecule has 0 atom stereocenters. The molecule has 1 heterocycles. The van der Waals surface area contributed by atoms with Crippen LogP contribution in [0.3, 0.4) is 0 Å². The van der Waals surface area contributed by atoms with E-state index in [0.717, 1.165) is 10.0 Å². The van der Waals surface area contributed by atoms with E-state index in [4.69, 9.17) is 9.84 Å². The van der Waals surface area contributed by atoms with E-state index in [0.29, 0.717) is 17.0 Å². The van der Waals surface area contributed by atoms with E-state index in [1.807, 2.05) is 30.3 Å². The van der Waals surface area contributed by atoms with Crippen LogP contribution in [-0.2, 0) is 4.79 Å². The maximum absolute atomic E-state index is 10.7. The van der Waals surface area contributed by atoms with E-state index in [9.17, 15) is 4.79 Å². The Bertz CT molecular complexity index is 966. The maximum Gasteiger partial charge on any atom is 0.341 e. The second-order valence-electron chi connectivity index (χ2n) is 5.27. The fourth-order valence-electron chi connectivity index (χ4n) is 2.15. The number of anilines is 1. The van der Waals surface area contributed by atoms with E-state index in [1.54, 1.807) is 24.4 Å². The molecule has 0 bridgehead atoms. The van der Waals surface area contributed by atoms with Crippen molar-refractivity contribution in [2.75, 3.05) is 12.0 Å². The van der Waals surface area contributed by atoms with Crippen LogP contribution < -0.4 is 10.2 Å². The zero-order chi connectivity index (χ0) is 19.1. The number of aromatic nitrogens is 3. The first kappa shape index (κ1) is 18.5. The molecule has 0 spiro atoms. The number of ether oxygens (including phenoxy) is 1. The van der Waals surface area contributed by atoms with Crippen molar-refractivity contribution < 1.29 is 14.6 Å². The highest BCUT2D eigenvalue weighted by molar-refractivity contribution is 9.10. The number of hydrogen-bond donors (Lipinski definition) is 2. The fraction of sp³-hybridized carbons (Fsp3) is 0.0556. The van der Waals surface area contributed by atoms with Gasteiger partial charge in [0.15, 0.2) is 6.61 Å². The highest BCUT2D eigenvalue weighted by atomic mass is 79.9. The predicted molar refractivity (Wildman–Crippen MR) is 104 cm³/mol. The molecular formula is C18H14BrN5O3. The summed E-state index contributed by atoms with van der Waals surface area (Å²) in [6.07, 6.45) is 3.05. The van der Waals surface area contributed by atoms with Crippen LogP contribution in [-0.4, -0.2) is 39.1 Å². The van der Waals surface area contributed by atoms with Crippen molar-refractivity contribution in [3.05, 3.63) is 64.8 Å². The number of hydrazone groups is 1. The van der Waals surface area contributed by atoms with Crippen LogP contribution in [0.1, 0.15) is 5.56 Å². The zero-order valence-corrected chi connectivity index (χ0v) is 15.5. The first-order valence-electron chi connectivity index (χ1n) is 7.80. The minimum Gasteiger partial charge on any atom is -0.481 e. The van der Waals surface area contributed by atoms with Gasteiger partial charge >= 0.3 is 5.97 Å². The van der Waals surface area contributed by atoms with Crippen LogP contribution in [0.15, 0.2) is 64.3 Å². The quantitative estimate of drug-likeness (QED) is 0.439.